The van der Waals surface area contributed by atoms with Crippen molar-refractivity contribution in [2.45, 2.75) is 57.5 Å². The van der Waals surface area contributed by atoms with Gasteiger partial charge in [-0.05, 0) is 75.8 Å². The van der Waals surface area contributed by atoms with E-state index in [-0.39, 0.29) is 5.54 Å². The van der Waals surface area contributed by atoms with Crippen LogP contribution in [-0.2, 0) is 5.54 Å². The van der Waals surface area contributed by atoms with E-state index in [0.717, 1.165) is 29.5 Å². The molecule has 2 heterocycles. The molecule has 3 nitrogen and oxygen atoms in total. The number of aromatic carboxylic acids is 1. The maximum Gasteiger partial charge on any atom is 0.336 e. The third-order valence-corrected chi connectivity index (χ3v) is 5.42. The lowest BCUT2D eigenvalue weighted by Gasteiger charge is -2.44. The second-order valence-electron chi connectivity index (χ2n) is 6.54. The van der Waals surface area contributed by atoms with Crippen molar-refractivity contribution in [3.8, 4) is 0 Å². The fraction of sp³-hybridized carbons (Fsp3) is 0.588. The van der Waals surface area contributed by atoms with Gasteiger partial charge >= 0.3 is 5.97 Å². The lowest BCUT2D eigenvalue weighted by molar-refractivity contribution is 0.0647. The van der Waals surface area contributed by atoms with Crippen molar-refractivity contribution < 1.29 is 9.90 Å². The van der Waals surface area contributed by atoms with E-state index in [4.69, 9.17) is 0 Å². The maximum absolute atomic E-state index is 11.7. The molecule has 2 aliphatic rings. The van der Waals surface area contributed by atoms with Crippen molar-refractivity contribution in [2.24, 2.45) is 0 Å². The Labute approximate surface area is 120 Å². The highest BCUT2D eigenvalue weighted by molar-refractivity contribution is 5.90. The number of piperidine rings is 1. The summed E-state index contributed by atoms with van der Waals surface area (Å²) < 4.78 is 0. The van der Waals surface area contributed by atoms with Crippen LogP contribution in [0.15, 0.2) is 12.1 Å². The zero-order valence-electron chi connectivity index (χ0n) is 12.6. The van der Waals surface area contributed by atoms with Gasteiger partial charge in [-0.3, -0.25) is 4.90 Å². The maximum atomic E-state index is 11.7. The number of benzene rings is 1. The first-order valence-electron chi connectivity index (χ1n) is 7.54. The molecule has 0 aromatic heterocycles. The molecule has 1 aromatic carbocycles. The van der Waals surface area contributed by atoms with E-state index in [9.17, 15) is 9.90 Å². The smallest absolute Gasteiger partial charge is 0.336 e. The average molecular weight is 273 g/mol. The van der Waals surface area contributed by atoms with E-state index in [1.807, 2.05) is 13.0 Å². The van der Waals surface area contributed by atoms with Crippen LogP contribution in [0.25, 0.3) is 0 Å². The van der Waals surface area contributed by atoms with E-state index >= 15 is 0 Å². The van der Waals surface area contributed by atoms with Crippen molar-refractivity contribution in [1.29, 1.82) is 0 Å². The summed E-state index contributed by atoms with van der Waals surface area (Å²) in [4.78, 5) is 14.2. The summed E-state index contributed by atoms with van der Waals surface area (Å²) in [6, 6.07) is 4.60. The van der Waals surface area contributed by atoms with Crippen LogP contribution in [0.1, 0.15) is 59.2 Å². The molecule has 2 bridgehead atoms. The lowest BCUT2D eigenvalue weighted by Crippen LogP contribution is -2.46. The highest BCUT2D eigenvalue weighted by Crippen LogP contribution is 2.51. The summed E-state index contributed by atoms with van der Waals surface area (Å²) in [6.07, 6.45) is 5.85. The van der Waals surface area contributed by atoms with Gasteiger partial charge < -0.3 is 5.11 Å². The normalized spacial score (nSPS) is 29.6. The fourth-order valence-corrected chi connectivity index (χ4v) is 4.57. The Kier molecular flexibility index (Phi) is 3.13. The summed E-state index contributed by atoms with van der Waals surface area (Å²) in [5.74, 6) is -0.788. The Morgan fingerprint density at radius 1 is 1.30 bits per heavy atom. The van der Waals surface area contributed by atoms with Crippen LogP contribution in [0.5, 0.6) is 0 Å². The first kappa shape index (κ1) is 13.6. The summed E-state index contributed by atoms with van der Waals surface area (Å²) in [5, 5.41) is 9.64. The van der Waals surface area contributed by atoms with E-state index in [1.165, 1.54) is 19.3 Å². The molecule has 0 aliphatic carbocycles. The summed E-state index contributed by atoms with van der Waals surface area (Å²) in [6.45, 7) is 4.04. The van der Waals surface area contributed by atoms with Gasteiger partial charge in [0.15, 0.2) is 0 Å². The van der Waals surface area contributed by atoms with Crippen molar-refractivity contribution in [3.05, 3.63) is 34.4 Å². The van der Waals surface area contributed by atoms with E-state index in [2.05, 4.69) is 24.9 Å². The minimum atomic E-state index is -0.788. The van der Waals surface area contributed by atoms with E-state index in [1.54, 1.807) is 0 Å². The molecule has 1 aromatic rings. The Morgan fingerprint density at radius 3 is 2.75 bits per heavy atom. The third-order valence-electron chi connectivity index (χ3n) is 5.42. The second kappa shape index (κ2) is 4.59. The van der Waals surface area contributed by atoms with Crippen molar-refractivity contribution in [1.82, 2.24) is 4.90 Å². The number of rotatable bonds is 2. The predicted molar refractivity (Wildman–Crippen MR) is 79.2 cm³/mol. The molecule has 2 fully saturated rings. The van der Waals surface area contributed by atoms with Gasteiger partial charge in [-0.2, -0.15) is 0 Å². The van der Waals surface area contributed by atoms with Crippen LogP contribution in [0.3, 0.4) is 0 Å². The molecule has 1 N–H and O–H groups in total. The fourth-order valence-electron chi connectivity index (χ4n) is 4.57. The molecule has 0 amide bonds. The molecule has 0 saturated carbocycles. The Balaban J connectivity index is 2.21. The van der Waals surface area contributed by atoms with Gasteiger partial charge in [-0.15, -0.1) is 0 Å². The molecule has 20 heavy (non-hydrogen) atoms. The van der Waals surface area contributed by atoms with Crippen LogP contribution in [-0.4, -0.2) is 29.1 Å². The van der Waals surface area contributed by atoms with Crippen LogP contribution < -0.4 is 0 Å². The Hall–Kier alpha value is -1.35. The molecule has 0 spiro atoms. The SMILES string of the molecule is Cc1cc(C)c([C@]23CCC[C@H](CC2)N3C)c(C(=O)O)c1. The second-order valence-corrected chi connectivity index (χ2v) is 6.54. The van der Waals surface area contributed by atoms with Gasteiger partial charge in [0, 0.05) is 11.6 Å². The van der Waals surface area contributed by atoms with E-state index < -0.39 is 5.97 Å². The highest BCUT2D eigenvalue weighted by Gasteiger charge is 2.49. The van der Waals surface area contributed by atoms with Gasteiger partial charge in [0.2, 0.25) is 0 Å². The molecule has 0 radical (unpaired) electrons. The molecule has 0 unspecified atom stereocenters. The minimum Gasteiger partial charge on any atom is -0.478 e. The number of aryl methyl sites for hydroxylation is 2. The largest absolute Gasteiger partial charge is 0.478 e. The number of carboxylic acid groups (broad SMARTS) is 1. The Bertz CT molecular complexity index is 562. The quantitative estimate of drug-likeness (QED) is 0.897. The summed E-state index contributed by atoms with van der Waals surface area (Å²) >= 11 is 0. The van der Waals surface area contributed by atoms with Gasteiger partial charge in [-0.1, -0.05) is 6.07 Å². The molecule has 2 atom stereocenters. The number of carbonyl (C=O) groups is 1. The molecule has 108 valence electrons. The molecular weight excluding hydrogens is 250 g/mol. The molecule has 3 rings (SSSR count). The number of hydrogen-bond acceptors (Lipinski definition) is 2. The molecular formula is C17H23NO2. The predicted octanol–water partition coefficient (Wildman–Crippen LogP) is 3.48. The van der Waals surface area contributed by atoms with Crippen LogP contribution in [0.2, 0.25) is 0 Å². The lowest BCUT2D eigenvalue weighted by atomic mass is 9.77. The highest BCUT2D eigenvalue weighted by atomic mass is 16.4. The number of carboxylic acids is 1. The molecule has 2 aliphatic heterocycles. The van der Waals surface area contributed by atoms with Crippen molar-refractivity contribution in [3.63, 3.8) is 0 Å². The molecule has 2 saturated heterocycles. The standard InChI is InChI=1S/C17H23NO2/c1-11-9-12(2)15(14(10-11)16(19)20)17-7-4-5-13(6-8-17)18(17)3/h9-10,13H,4-8H2,1-3H3,(H,19,20)/t13-,17+/m1/s1. The van der Waals surface area contributed by atoms with Gasteiger partial charge in [0.05, 0.1) is 5.56 Å². The summed E-state index contributed by atoms with van der Waals surface area (Å²) in [7, 11) is 2.18. The van der Waals surface area contributed by atoms with Crippen molar-refractivity contribution >= 4 is 5.97 Å². The Morgan fingerprint density at radius 2 is 2.05 bits per heavy atom. The topological polar surface area (TPSA) is 40.5 Å². The van der Waals surface area contributed by atoms with Gasteiger partial charge in [0.25, 0.3) is 0 Å². The van der Waals surface area contributed by atoms with Gasteiger partial charge in [0.1, 0.15) is 0 Å². The van der Waals surface area contributed by atoms with Crippen molar-refractivity contribution in [2.75, 3.05) is 7.05 Å². The monoisotopic (exact) mass is 273 g/mol. The first-order chi connectivity index (χ1) is 9.45. The van der Waals surface area contributed by atoms with Crippen LogP contribution >= 0.6 is 0 Å². The average Bonchev–Trinajstić information content (AvgIpc) is 2.59. The van der Waals surface area contributed by atoms with Crippen LogP contribution in [0.4, 0.5) is 0 Å². The number of nitrogens with zero attached hydrogens (tertiary/aromatic N) is 1. The van der Waals surface area contributed by atoms with Gasteiger partial charge in [-0.25, -0.2) is 4.79 Å². The number of hydrogen-bond donors (Lipinski definition) is 1. The zero-order valence-corrected chi connectivity index (χ0v) is 12.6. The first-order valence-corrected chi connectivity index (χ1v) is 7.54. The van der Waals surface area contributed by atoms with E-state index in [0.29, 0.717) is 11.6 Å². The molecule has 3 heteroatoms. The minimum absolute atomic E-state index is 0.0472. The third kappa shape index (κ3) is 1.80. The number of fused-ring (bicyclic) bond motifs is 2. The van der Waals surface area contributed by atoms with Crippen LogP contribution in [0, 0.1) is 13.8 Å². The zero-order chi connectivity index (χ0) is 14.5. The summed E-state index contributed by atoms with van der Waals surface area (Å²) in [5.41, 5.74) is 3.70.